The summed E-state index contributed by atoms with van der Waals surface area (Å²) in [7, 11) is 4.16. The quantitative estimate of drug-likeness (QED) is 0.763. The molecule has 0 aromatic rings. The molecule has 18 heavy (non-hydrogen) atoms. The van der Waals surface area contributed by atoms with Crippen molar-refractivity contribution < 1.29 is 4.79 Å². The highest BCUT2D eigenvalue weighted by Gasteiger charge is 2.42. The van der Waals surface area contributed by atoms with Crippen molar-refractivity contribution >= 4 is 5.91 Å². The molecule has 4 nitrogen and oxygen atoms in total. The Morgan fingerprint density at radius 1 is 1.39 bits per heavy atom. The van der Waals surface area contributed by atoms with E-state index < -0.39 is 0 Å². The molecule has 0 aromatic heterocycles. The smallest absolute Gasteiger partial charge is 0.224 e. The SMILES string of the molecule is CC(C)C(CNC(=O)C1CC2CCC1N2)N(C)C. The van der Waals surface area contributed by atoms with Crippen molar-refractivity contribution in [2.45, 2.75) is 51.2 Å². The van der Waals surface area contributed by atoms with Crippen LogP contribution in [0.5, 0.6) is 0 Å². The largest absolute Gasteiger partial charge is 0.354 e. The molecule has 0 saturated carbocycles. The summed E-state index contributed by atoms with van der Waals surface area (Å²) < 4.78 is 0. The number of likely N-dealkylation sites (N-methyl/N-ethyl adjacent to an activating group) is 1. The van der Waals surface area contributed by atoms with E-state index in [9.17, 15) is 4.79 Å². The highest BCUT2D eigenvalue weighted by atomic mass is 16.2. The van der Waals surface area contributed by atoms with Crippen molar-refractivity contribution in [3.63, 3.8) is 0 Å². The van der Waals surface area contributed by atoms with Gasteiger partial charge in [0.1, 0.15) is 0 Å². The number of nitrogens with zero attached hydrogens (tertiary/aromatic N) is 1. The number of hydrogen-bond acceptors (Lipinski definition) is 3. The number of rotatable bonds is 5. The Bertz CT molecular complexity index is 295. The predicted octanol–water partition coefficient (Wildman–Crippen LogP) is 0.829. The zero-order valence-corrected chi connectivity index (χ0v) is 12.1. The topological polar surface area (TPSA) is 44.4 Å². The summed E-state index contributed by atoms with van der Waals surface area (Å²) in [5.74, 6) is 1.01. The third-order valence-corrected chi connectivity index (χ3v) is 4.56. The average molecular weight is 253 g/mol. The van der Waals surface area contributed by atoms with Crippen LogP contribution < -0.4 is 10.6 Å². The lowest BCUT2D eigenvalue weighted by Gasteiger charge is -2.29. The van der Waals surface area contributed by atoms with Crippen LogP contribution in [0.1, 0.15) is 33.1 Å². The molecule has 2 bridgehead atoms. The Morgan fingerprint density at radius 2 is 2.11 bits per heavy atom. The first-order valence-corrected chi connectivity index (χ1v) is 7.19. The number of nitrogens with one attached hydrogen (secondary N) is 2. The molecule has 2 fully saturated rings. The lowest BCUT2D eigenvalue weighted by Crippen LogP contribution is -2.46. The molecule has 0 aromatic carbocycles. The first-order chi connectivity index (χ1) is 8.49. The van der Waals surface area contributed by atoms with E-state index in [1.807, 2.05) is 0 Å². The van der Waals surface area contributed by atoms with Crippen LogP contribution in [0.3, 0.4) is 0 Å². The van der Waals surface area contributed by atoms with Gasteiger partial charge in [0, 0.05) is 24.7 Å². The molecule has 4 unspecified atom stereocenters. The van der Waals surface area contributed by atoms with Gasteiger partial charge in [-0.3, -0.25) is 4.79 Å². The summed E-state index contributed by atoms with van der Waals surface area (Å²) in [4.78, 5) is 14.4. The van der Waals surface area contributed by atoms with Crippen LogP contribution in [0.25, 0.3) is 0 Å². The molecular formula is C14H27N3O. The third-order valence-electron chi connectivity index (χ3n) is 4.56. The number of carbonyl (C=O) groups is 1. The molecule has 4 atom stereocenters. The summed E-state index contributed by atoms with van der Waals surface area (Å²) >= 11 is 0. The monoisotopic (exact) mass is 253 g/mol. The van der Waals surface area contributed by atoms with E-state index in [0.717, 1.165) is 13.0 Å². The van der Waals surface area contributed by atoms with Crippen molar-refractivity contribution in [1.82, 2.24) is 15.5 Å². The van der Waals surface area contributed by atoms with Gasteiger partial charge in [0.15, 0.2) is 0 Å². The van der Waals surface area contributed by atoms with Crippen LogP contribution in [0.4, 0.5) is 0 Å². The predicted molar refractivity (Wildman–Crippen MR) is 73.4 cm³/mol. The molecule has 4 heteroatoms. The van der Waals surface area contributed by atoms with Gasteiger partial charge in [-0.2, -0.15) is 0 Å². The highest BCUT2D eigenvalue weighted by molar-refractivity contribution is 5.80. The molecule has 104 valence electrons. The molecule has 1 amide bonds. The summed E-state index contributed by atoms with van der Waals surface area (Å²) in [6.07, 6.45) is 3.45. The minimum absolute atomic E-state index is 0.207. The van der Waals surface area contributed by atoms with Gasteiger partial charge in [0.2, 0.25) is 5.91 Å². The summed E-state index contributed by atoms with van der Waals surface area (Å²) in [6, 6.07) is 1.45. The lowest BCUT2D eigenvalue weighted by atomic mass is 9.88. The van der Waals surface area contributed by atoms with Gasteiger partial charge in [-0.15, -0.1) is 0 Å². The Morgan fingerprint density at radius 3 is 2.56 bits per heavy atom. The highest BCUT2D eigenvalue weighted by Crippen LogP contribution is 2.33. The molecular weight excluding hydrogens is 226 g/mol. The van der Waals surface area contributed by atoms with Crippen molar-refractivity contribution in [3.8, 4) is 0 Å². The fourth-order valence-corrected chi connectivity index (χ4v) is 3.46. The third kappa shape index (κ3) is 2.86. The molecule has 2 saturated heterocycles. The van der Waals surface area contributed by atoms with Crippen LogP contribution in [0, 0.1) is 11.8 Å². The zero-order chi connectivity index (χ0) is 13.3. The first kappa shape index (κ1) is 13.8. The molecule has 0 spiro atoms. The maximum atomic E-state index is 12.2. The second-order valence-electron chi connectivity index (χ2n) is 6.41. The van der Waals surface area contributed by atoms with Crippen molar-refractivity contribution in [1.29, 1.82) is 0 Å². The average Bonchev–Trinajstić information content (AvgIpc) is 2.89. The maximum absolute atomic E-state index is 12.2. The van der Waals surface area contributed by atoms with Gasteiger partial charge >= 0.3 is 0 Å². The Balaban J connectivity index is 1.81. The summed E-state index contributed by atoms with van der Waals surface area (Å²) in [6.45, 7) is 5.17. The second-order valence-corrected chi connectivity index (χ2v) is 6.41. The van der Waals surface area contributed by atoms with Gasteiger partial charge in [-0.05, 0) is 39.3 Å². The van der Waals surface area contributed by atoms with Gasteiger partial charge in [0.05, 0.1) is 5.92 Å². The zero-order valence-electron chi connectivity index (χ0n) is 12.1. The van der Waals surface area contributed by atoms with Gasteiger partial charge in [-0.1, -0.05) is 13.8 Å². The van der Waals surface area contributed by atoms with Gasteiger partial charge < -0.3 is 15.5 Å². The van der Waals surface area contributed by atoms with Crippen molar-refractivity contribution in [2.24, 2.45) is 11.8 Å². The van der Waals surface area contributed by atoms with E-state index in [4.69, 9.17) is 0 Å². The Hall–Kier alpha value is -0.610. The summed E-state index contributed by atoms with van der Waals surface area (Å²) in [5, 5.41) is 6.67. The fourth-order valence-electron chi connectivity index (χ4n) is 3.46. The van der Waals surface area contributed by atoms with E-state index in [1.165, 1.54) is 12.8 Å². The Labute approximate surface area is 110 Å². The van der Waals surface area contributed by atoms with Crippen LogP contribution in [-0.4, -0.2) is 49.6 Å². The number of fused-ring (bicyclic) bond motifs is 2. The second kappa shape index (κ2) is 5.57. The number of carbonyl (C=O) groups excluding carboxylic acids is 1. The van der Waals surface area contributed by atoms with E-state index in [0.29, 0.717) is 24.0 Å². The minimum atomic E-state index is 0.207. The molecule has 2 aliphatic heterocycles. The molecule has 2 rings (SSSR count). The van der Waals surface area contributed by atoms with E-state index >= 15 is 0 Å². The van der Waals surface area contributed by atoms with Gasteiger partial charge in [-0.25, -0.2) is 0 Å². The van der Waals surface area contributed by atoms with E-state index in [2.05, 4.69) is 43.5 Å². The van der Waals surface area contributed by atoms with Crippen LogP contribution in [0.2, 0.25) is 0 Å². The van der Waals surface area contributed by atoms with Crippen LogP contribution in [0.15, 0.2) is 0 Å². The number of hydrogen-bond donors (Lipinski definition) is 2. The summed E-state index contributed by atoms with van der Waals surface area (Å²) in [5.41, 5.74) is 0. The molecule has 0 radical (unpaired) electrons. The first-order valence-electron chi connectivity index (χ1n) is 7.19. The standard InChI is InChI=1S/C14H27N3O/c1-9(2)13(17(3)4)8-15-14(18)11-7-10-5-6-12(11)16-10/h9-13,16H,5-8H2,1-4H3,(H,15,18). The van der Waals surface area contributed by atoms with E-state index in [1.54, 1.807) is 0 Å². The minimum Gasteiger partial charge on any atom is -0.354 e. The van der Waals surface area contributed by atoms with Crippen LogP contribution in [-0.2, 0) is 4.79 Å². The lowest BCUT2D eigenvalue weighted by molar-refractivity contribution is -0.125. The Kier molecular flexibility index (Phi) is 4.28. The molecule has 0 aliphatic carbocycles. The van der Waals surface area contributed by atoms with E-state index in [-0.39, 0.29) is 11.8 Å². The normalized spacial score (nSPS) is 32.2. The fraction of sp³-hybridized carbons (Fsp3) is 0.929. The number of amides is 1. The molecule has 2 heterocycles. The van der Waals surface area contributed by atoms with Crippen molar-refractivity contribution in [3.05, 3.63) is 0 Å². The molecule has 2 N–H and O–H groups in total. The maximum Gasteiger partial charge on any atom is 0.224 e. The van der Waals surface area contributed by atoms with Gasteiger partial charge in [0.25, 0.3) is 0 Å². The van der Waals surface area contributed by atoms with Crippen LogP contribution >= 0.6 is 0 Å². The van der Waals surface area contributed by atoms with Crippen molar-refractivity contribution in [2.75, 3.05) is 20.6 Å². The molecule has 2 aliphatic rings.